The number of carbonyl (C=O) groups excluding carboxylic acids is 5. The minimum atomic E-state index is -4.63. The van der Waals surface area contributed by atoms with Gasteiger partial charge in [-0.25, -0.2) is 8.42 Å². The number of allylic oxidation sites excluding steroid dienone is 1. The van der Waals surface area contributed by atoms with Crippen molar-refractivity contribution in [1.82, 2.24) is 25.6 Å². The molecule has 288 valence electrons. The second-order valence-corrected chi connectivity index (χ2v) is 17.8. The molecule has 2 saturated carbocycles. The van der Waals surface area contributed by atoms with Crippen molar-refractivity contribution < 1.29 is 45.6 Å². The number of amides is 5. The molecule has 53 heavy (non-hydrogen) atoms. The van der Waals surface area contributed by atoms with Gasteiger partial charge in [0.2, 0.25) is 27.7 Å². The smallest absolute Gasteiger partial charge is 0.347 e. The van der Waals surface area contributed by atoms with E-state index in [-0.39, 0.29) is 35.7 Å². The van der Waals surface area contributed by atoms with E-state index in [1.165, 1.54) is 16.2 Å². The molecule has 1 aromatic carbocycles. The molecule has 4 N–H and O–H groups in total. The van der Waals surface area contributed by atoms with Crippen molar-refractivity contribution in [3.63, 3.8) is 0 Å². The Morgan fingerprint density at radius 3 is 2.53 bits per heavy atom. The van der Waals surface area contributed by atoms with E-state index in [1.54, 1.807) is 24.3 Å². The largest absolute Gasteiger partial charge is 0.392 e. The predicted octanol–water partition coefficient (Wildman–Crippen LogP) is 4.33. The third-order valence-corrected chi connectivity index (χ3v) is 13.8. The van der Waals surface area contributed by atoms with Gasteiger partial charge in [0, 0.05) is 35.0 Å². The Balaban J connectivity index is 1.28. The molecule has 2 aromatic rings. The summed E-state index contributed by atoms with van der Waals surface area (Å²) in [5.41, 5.74) is -1.61. The van der Waals surface area contributed by atoms with Crippen LogP contribution in [-0.4, -0.2) is 84.5 Å². The lowest BCUT2D eigenvalue weighted by molar-refractivity contribution is -0.174. The molecule has 1 aromatic heterocycles. The van der Waals surface area contributed by atoms with Gasteiger partial charge in [0.25, 0.3) is 11.8 Å². The van der Waals surface area contributed by atoms with Crippen molar-refractivity contribution in [2.75, 3.05) is 6.54 Å². The van der Waals surface area contributed by atoms with Gasteiger partial charge in [-0.1, -0.05) is 61.7 Å². The number of hydrogen-bond acceptors (Lipinski definition) is 8. The molecule has 0 radical (unpaired) electrons. The molecule has 6 rings (SSSR count). The second-order valence-electron chi connectivity index (χ2n) is 14.4. The summed E-state index contributed by atoms with van der Waals surface area (Å²) >= 11 is 7.71. The van der Waals surface area contributed by atoms with Crippen LogP contribution in [0.1, 0.15) is 80.8 Å². The van der Waals surface area contributed by atoms with Gasteiger partial charge >= 0.3 is 6.18 Å². The molecule has 5 amide bonds. The molecule has 1 saturated heterocycles. The van der Waals surface area contributed by atoms with E-state index in [2.05, 4.69) is 20.7 Å². The van der Waals surface area contributed by atoms with Crippen LogP contribution in [0.25, 0.3) is 10.1 Å². The monoisotopic (exact) mass is 799 g/mol. The number of carbonyl (C=O) groups is 5. The molecule has 0 bridgehead atoms. The lowest BCUT2D eigenvalue weighted by atomic mass is 10.0. The molecular formula is C35H41ClF3N5O7S2. The van der Waals surface area contributed by atoms with E-state index in [9.17, 15) is 45.6 Å². The van der Waals surface area contributed by atoms with Gasteiger partial charge in [-0.3, -0.25) is 28.7 Å². The fourth-order valence-electron chi connectivity index (χ4n) is 6.96. The molecule has 6 atom stereocenters. The first-order chi connectivity index (χ1) is 25.0. The lowest BCUT2D eigenvalue weighted by Crippen LogP contribution is -2.58. The predicted molar refractivity (Wildman–Crippen MR) is 191 cm³/mol. The highest BCUT2D eigenvalue weighted by molar-refractivity contribution is 7.91. The molecular weight excluding hydrogens is 759 g/mol. The van der Waals surface area contributed by atoms with E-state index >= 15 is 0 Å². The Labute approximate surface area is 313 Å². The molecule has 0 spiro atoms. The molecule has 2 aliphatic heterocycles. The van der Waals surface area contributed by atoms with E-state index in [4.69, 9.17) is 11.6 Å². The number of sulfonamides is 1. The average Bonchev–Trinajstić information content (AvgIpc) is 3.99. The molecule has 3 heterocycles. The van der Waals surface area contributed by atoms with Gasteiger partial charge < -0.3 is 20.9 Å². The van der Waals surface area contributed by atoms with Crippen LogP contribution in [0, 0.1) is 11.8 Å². The van der Waals surface area contributed by atoms with Crippen LogP contribution in [0.5, 0.6) is 0 Å². The summed E-state index contributed by atoms with van der Waals surface area (Å²) in [6.07, 6.45) is 1.27. The maximum atomic E-state index is 14.3. The molecule has 1 unspecified atom stereocenters. The van der Waals surface area contributed by atoms with Crippen molar-refractivity contribution in [1.29, 1.82) is 0 Å². The topological polar surface area (TPSA) is 171 Å². The van der Waals surface area contributed by atoms with Crippen LogP contribution in [0.15, 0.2) is 36.4 Å². The van der Waals surface area contributed by atoms with E-state index in [0.29, 0.717) is 43.9 Å². The van der Waals surface area contributed by atoms with Gasteiger partial charge in [-0.15, -0.1) is 11.3 Å². The zero-order chi connectivity index (χ0) is 38.3. The van der Waals surface area contributed by atoms with Gasteiger partial charge in [-0.2, -0.15) is 13.2 Å². The molecule has 12 nitrogen and oxygen atoms in total. The van der Waals surface area contributed by atoms with Crippen molar-refractivity contribution in [3.05, 3.63) is 46.3 Å². The number of nitrogens with zero attached hydrogens (tertiary/aromatic N) is 1. The number of halogens is 4. The number of rotatable bonds is 8. The van der Waals surface area contributed by atoms with Crippen molar-refractivity contribution in [3.8, 4) is 0 Å². The molecule has 2 aliphatic carbocycles. The summed E-state index contributed by atoms with van der Waals surface area (Å²) in [6, 6.07) is 3.79. The Hall–Kier alpha value is -3.70. The summed E-state index contributed by atoms with van der Waals surface area (Å²) in [7, 11) is -3.96. The van der Waals surface area contributed by atoms with E-state index < -0.39 is 92.9 Å². The number of benzene rings is 1. The minimum absolute atomic E-state index is 0.0853. The zero-order valence-electron chi connectivity index (χ0n) is 28.8. The number of thiophene rings is 1. The Kier molecular flexibility index (Phi) is 11.2. The number of alkyl halides is 3. The maximum absolute atomic E-state index is 14.3. The summed E-state index contributed by atoms with van der Waals surface area (Å²) in [6.45, 7) is 0.671. The number of hydrogen-bond donors (Lipinski definition) is 4. The van der Waals surface area contributed by atoms with Gasteiger partial charge in [0.1, 0.15) is 22.5 Å². The maximum Gasteiger partial charge on any atom is 0.392 e. The number of fused-ring (bicyclic) bond motifs is 3. The van der Waals surface area contributed by atoms with E-state index in [0.717, 1.165) is 11.6 Å². The third kappa shape index (κ3) is 8.67. The number of nitrogens with one attached hydrogen (secondary N) is 4. The van der Waals surface area contributed by atoms with Crippen molar-refractivity contribution in [2.24, 2.45) is 11.8 Å². The van der Waals surface area contributed by atoms with Crippen LogP contribution in [-0.2, 0) is 29.2 Å². The van der Waals surface area contributed by atoms with Crippen LogP contribution in [0.3, 0.4) is 0 Å². The molecule has 3 fully saturated rings. The van der Waals surface area contributed by atoms with E-state index in [1.807, 2.05) is 12.1 Å². The normalized spacial score (nSPS) is 27.5. The van der Waals surface area contributed by atoms with Crippen LogP contribution >= 0.6 is 22.9 Å². The summed E-state index contributed by atoms with van der Waals surface area (Å²) in [5.74, 6) is -6.41. The summed E-state index contributed by atoms with van der Waals surface area (Å²) in [5, 5.41) is 8.28. The first-order valence-electron chi connectivity index (χ1n) is 17.7. The van der Waals surface area contributed by atoms with Crippen LogP contribution in [0.2, 0.25) is 5.02 Å². The highest BCUT2D eigenvalue weighted by Gasteiger charge is 2.62. The van der Waals surface area contributed by atoms with Crippen LogP contribution < -0.4 is 20.7 Å². The average molecular weight is 800 g/mol. The second kappa shape index (κ2) is 15.2. The van der Waals surface area contributed by atoms with Crippen LogP contribution in [0.4, 0.5) is 13.2 Å². The highest BCUT2D eigenvalue weighted by Crippen LogP contribution is 2.46. The molecule has 18 heteroatoms. The zero-order valence-corrected chi connectivity index (χ0v) is 31.2. The first kappa shape index (κ1) is 39.0. The fraction of sp³-hybridized carbons (Fsp3) is 0.571. The Morgan fingerprint density at radius 1 is 1.09 bits per heavy atom. The highest BCUT2D eigenvalue weighted by atomic mass is 35.5. The molecule has 4 aliphatic rings. The minimum Gasteiger partial charge on any atom is -0.347 e. The summed E-state index contributed by atoms with van der Waals surface area (Å²) < 4.78 is 68.3. The van der Waals surface area contributed by atoms with Crippen molar-refractivity contribution in [2.45, 2.75) is 106 Å². The Morgan fingerprint density at radius 2 is 1.83 bits per heavy atom. The lowest BCUT2D eigenvalue weighted by Gasteiger charge is -2.30. The third-order valence-electron chi connectivity index (χ3n) is 10.3. The first-order valence-corrected chi connectivity index (χ1v) is 20.4. The SMILES string of the molecule is CC(CC(=O)N[C@H]1CCCCCC=C[C@@H]2C[C@@]2(C(=O)NS(=O)(=O)C2CC2)NC(=O)[C@@H]2C[C@@H](NC(=O)c3sc4ccccc4c3Cl)CN2C1=O)C(F)(F)F. The fourth-order valence-corrected chi connectivity index (χ4v) is 9.75. The Bertz CT molecular complexity index is 1930. The van der Waals surface area contributed by atoms with Gasteiger partial charge in [0.05, 0.1) is 16.2 Å². The quantitative estimate of drug-likeness (QED) is 0.288. The van der Waals surface area contributed by atoms with Gasteiger partial charge in [-0.05, 0) is 51.0 Å². The standard InChI is InChI=1S/C35H41ClF3N5O7S2/c1-19(35(37,38)39)15-27(45)41-24-11-6-4-2-3-5-9-20-17-34(20,33(49)43-53(50,51)22-13-14-22)42-30(46)25-16-21(18-44(25)32(24)48)40-31(47)29-28(36)23-10-7-8-12-26(23)52-29/h5,7-10,12,19-22,24-25H,2-4,6,11,13-18H2,1H3,(H,40,47)(H,41,45)(H,42,46)(H,43,49)/t19?,20-,21-,24+,25+,34-/m1/s1. The van der Waals surface area contributed by atoms with Crippen molar-refractivity contribution >= 4 is 72.6 Å². The summed E-state index contributed by atoms with van der Waals surface area (Å²) in [4.78, 5) is 69.9. The van der Waals surface area contributed by atoms with Gasteiger partial charge in [0.15, 0.2) is 0 Å².